The lowest BCUT2D eigenvalue weighted by atomic mass is 9.87. The van der Waals surface area contributed by atoms with Crippen molar-refractivity contribution in [2.45, 2.75) is 203 Å². The van der Waals surface area contributed by atoms with Gasteiger partial charge in [-0.15, -0.1) is 0 Å². The zero-order chi connectivity index (χ0) is 59.8. The molecule has 6 aromatic carbocycles. The molecular weight excluding hydrogens is 1090 g/mol. The van der Waals surface area contributed by atoms with Crippen LogP contribution in [0.5, 0.6) is 0 Å². The lowest BCUT2D eigenvalue weighted by molar-refractivity contribution is -0.246. The lowest BCUT2D eigenvalue weighted by Gasteiger charge is -2.43. The summed E-state index contributed by atoms with van der Waals surface area (Å²) in [6.07, 6.45) is 0. The number of hydrogen-bond donors (Lipinski definition) is 0. The van der Waals surface area contributed by atoms with Gasteiger partial charge in [-0.25, -0.2) is 7.26 Å². The van der Waals surface area contributed by atoms with Gasteiger partial charge < -0.3 is 0 Å². The van der Waals surface area contributed by atoms with Crippen molar-refractivity contribution < 1.29 is 50.4 Å². The topological polar surface area (TPSA) is 86.7 Å². The molecule has 6 aromatic rings. The quantitative estimate of drug-likeness (QED) is 0.101. The molecule has 0 fully saturated rings. The summed E-state index contributed by atoms with van der Waals surface area (Å²) in [7, 11) is -23.2. The summed E-state index contributed by atoms with van der Waals surface area (Å²) in [5.74, 6) is -7.28. The van der Waals surface area contributed by atoms with E-state index in [4.69, 9.17) is 7.26 Å². The van der Waals surface area contributed by atoms with Crippen molar-refractivity contribution in [2.75, 3.05) is 0 Å². The molecule has 0 N–H and O–H groups in total. The highest BCUT2D eigenvalue weighted by atomic mass is 32.3. The zero-order valence-corrected chi connectivity index (χ0v) is 52.0. The normalized spacial score (nSPS) is 14.8. The van der Waals surface area contributed by atoms with E-state index in [2.05, 4.69) is 0 Å². The number of halogens is 6. The van der Waals surface area contributed by atoms with Gasteiger partial charge in [0, 0.05) is 29.4 Å². The summed E-state index contributed by atoms with van der Waals surface area (Å²) in [6.45, 7) is 34.2. The fourth-order valence-electron chi connectivity index (χ4n) is 8.77. The van der Waals surface area contributed by atoms with Crippen molar-refractivity contribution in [2.24, 2.45) is 0 Å². The third kappa shape index (κ3) is 12.2. The Morgan fingerprint density at radius 2 is 0.380 bits per heavy atom. The minimum atomic E-state index is -7.37. The lowest BCUT2D eigenvalue weighted by Crippen LogP contribution is -2.61. The minimum absolute atomic E-state index is 0.0706. The first-order valence-corrected chi connectivity index (χ1v) is 32.0. The van der Waals surface area contributed by atoms with E-state index in [-0.39, 0.29) is 29.4 Å². The second-order valence-electron chi connectivity index (χ2n) is 26.4. The van der Waals surface area contributed by atoms with E-state index in [0.29, 0.717) is 0 Å². The average molecular weight is 1170 g/mol. The van der Waals surface area contributed by atoms with Crippen molar-refractivity contribution in [3.63, 3.8) is 0 Å². The fourth-order valence-corrected chi connectivity index (χ4v) is 19.2. The number of benzene rings is 6. The summed E-state index contributed by atoms with van der Waals surface area (Å²) < 4.78 is 174. The van der Waals surface area contributed by atoms with Crippen LogP contribution in [0.3, 0.4) is 0 Å². The third-order valence-corrected chi connectivity index (χ3v) is 24.5. The van der Waals surface area contributed by atoms with Crippen molar-refractivity contribution in [3.05, 3.63) is 179 Å². The summed E-state index contributed by atoms with van der Waals surface area (Å²) in [6, 6.07) is 36.6. The predicted octanol–water partition coefficient (Wildman–Crippen LogP) is 19.1. The Hall–Kier alpha value is -4.58. The second-order valence-corrected chi connectivity index (χ2v) is 35.4. The molecule has 0 aliphatic heterocycles. The van der Waals surface area contributed by atoms with Crippen LogP contribution in [0.4, 0.5) is 26.3 Å². The van der Waals surface area contributed by atoms with Crippen LogP contribution in [-0.4, -0.2) is 33.3 Å². The molecule has 0 atom stereocenters. The molecule has 0 aromatic heterocycles. The van der Waals surface area contributed by atoms with Crippen LogP contribution < -0.4 is 0 Å². The molecule has 0 saturated heterocycles. The van der Waals surface area contributed by atoms with E-state index >= 15 is 26.3 Å². The molecule has 6 rings (SSSR count). The molecule has 0 radical (unpaired) electrons. The summed E-state index contributed by atoms with van der Waals surface area (Å²) in [4.78, 5) is -0.424. The molecule has 0 bridgehead atoms. The molecule has 0 heterocycles. The van der Waals surface area contributed by atoms with Crippen LogP contribution in [-0.2, 0) is 60.0 Å². The number of rotatable bonds is 14. The Labute approximate surface area is 470 Å². The van der Waals surface area contributed by atoms with E-state index in [1.807, 2.05) is 125 Å². The SMILES string of the molecule is CC(C)(C)c1ccc(S(OS(=O)(=O)C(F)(F)C(F)(F)C(F)(F)S(=O)(=O)OS(c2ccc(C(C)(C)C)cc2)(c2ccc(C(C)(C)C)cc2)c2ccc(C(C)(C)C)cc2)(c2ccc(C(C)(C)C)cc2)c2ccc(C(C)(C)C)cc2)cc1. The summed E-state index contributed by atoms with van der Waals surface area (Å²) in [5.41, 5.74) is 1.42. The molecule has 0 spiro atoms. The molecule has 0 amide bonds. The molecule has 0 unspecified atom stereocenters. The van der Waals surface area contributed by atoms with Crippen LogP contribution in [0, 0.1) is 0 Å². The van der Waals surface area contributed by atoms with Crippen LogP contribution in [0.25, 0.3) is 0 Å². The molecule has 0 aliphatic carbocycles. The summed E-state index contributed by atoms with van der Waals surface area (Å²) >= 11 is 0. The molecule has 6 nitrogen and oxygen atoms in total. The maximum Gasteiger partial charge on any atom is 0.440 e. The largest absolute Gasteiger partial charge is 0.440 e. The Bertz CT molecular complexity index is 2830. The van der Waals surface area contributed by atoms with Gasteiger partial charge in [-0.1, -0.05) is 197 Å². The van der Waals surface area contributed by atoms with Crippen molar-refractivity contribution >= 4 is 40.9 Å². The average Bonchev–Trinajstić information content (AvgIpc) is 3.33. The maximum atomic E-state index is 17.4. The van der Waals surface area contributed by atoms with E-state index in [9.17, 15) is 16.8 Å². The Morgan fingerprint density at radius 1 is 0.253 bits per heavy atom. The molecule has 0 aliphatic rings. The first kappa shape index (κ1) is 63.6. The molecule has 16 heteroatoms. The van der Waals surface area contributed by atoms with Crippen molar-refractivity contribution in [3.8, 4) is 0 Å². The van der Waals surface area contributed by atoms with Crippen molar-refractivity contribution in [1.82, 2.24) is 0 Å². The smallest absolute Gasteiger partial charge is 0.202 e. The van der Waals surface area contributed by atoms with Gasteiger partial charge in [-0.05, 0) is 159 Å². The van der Waals surface area contributed by atoms with E-state index < -0.39 is 89.8 Å². The van der Waals surface area contributed by atoms with Crippen LogP contribution >= 0.6 is 20.6 Å². The monoisotopic (exact) mass is 1170 g/mol. The molecule has 0 saturated carbocycles. The molecule has 79 heavy (non-hydrogen) atoms. The first-order valence-electron chi connectivity index (χ1n) is 26.0. The zero-order valence-electron chi connectivity index (χ0n) is 48.7. The van der Waals surface area contributed by atoms with Gasteiger partial charge in [-0.3, -0.25) is 0 Å². The molecular formula is C63H78F6O6S4. The standard InChI is InChI=1S/C63H78F6O6S4/c1-55(2,3)43-19-31-49(32-20-43)76(50-33-21-44(22-34-50)56(4,5)6,51-35-23-45(24-36-51)57(7,8)9)74-78(70,71)62(66,67)61(64,65)63(68,69)79(72,73)75-77(52-37-25-46(26-38-52)58(10,11)12,53-39-27-47(28-40-53)59(13,14)15)54-41-29-48(30-42-54)60(16,17)18/h19-42H,1-18H3. The fraction of sp³-hybridized carbons (Fsp3) is 0.429. The van der Waals surface area contributed by atoms with Gasteiger partial charge in [0.25, 0.3) is 0 Å². The minimum Gasteiger partial charge on any atom is -0.202 e. The van der Waals surface area contributed by atoms with Gasteiger partial charge in [0.15, 0.2) is 0 Å². The Kier molecular flexibility index (Phi) is 16.9. The Morgan fingerprint density at radius 3 is 0.494 bits per heavy atom. The van der Waals surface area contributed by atoms with Crippen LogP contribution in [0.2, 0.25) is 0 Å². The van der Waals surface area contributed by atoms with Crippen molar-refractivity contribution in [1.29, 1.82) is 0 Å². The van der Waals surface area contributed by atoms with Gasteiger partial charge >= 0.3 is 36.7 Å². The van der Waals surface area contributed by atoms with Gasteiger partial charge in [0.05, 0.1) is 0 Å². The number of alkyl halides is 6. The van der Waals surface area contributed by atoms with Crippen LogP contribution in [0.1, 0.15) is 158 Å². The first-order chi connectivity index (χ1) is 35.7. The second kappa shape index (κ2) is 21.0. The van der Waals surface area contributed by atoms with Gasteiger partial charge in [0.2, 0.25) is 0 Å². The van der Waals surface area contributed by atoms with E-state index in [1.54, 1.807) is 72.8 Å². The van der Waals surface area contributed by atoms with Gasteiger partial charge in [0.1, 0.15) is 0 Å². The summed E-state index contributed by atoms with van der Waals surface area (Å²) in [5, 5.41) is -14.0. The Balaban J connectivity index is 1.62. The third-order valence-electron chi connectivity index (χ3n) is 14.1. The predicted molar refractivity (Wildman–Crippen MR) is 310 cm³/mol. The van der Waals surface area contributed by atoms with E-state index in [0.717, 1.165) is 33.4 Å². The van der Waals surface area contributed by atoms with Crippen LogP contribution in [0.15, 0.2) is 175 Å². The van der Waals surface area contributed by atoms with Gasteiger partial charge in [-0.2, -0.15) is 43.2 Å². The highest BCUT2D eigenvalue weighted by Gasteiger charge is 2.84. The van der Waals surface area contributed by atoms with E-state index in [1.165, 1.54) is 72.8 Å². The highest BCUT2D eigenvalue weighted by Crippen LogP contribution is 2.74. The number of hydrogen-bond acceptors (Lipinski definition) is 6. The molecule has 432 valence electrons. The maximum absolute atomic E-state index is 17.4. The highest BCUT2D eigenvalue weighted by molar-refractivity contribution is 8.33.